The number of aliphatic hydroxyl groups excluding tert-OH is 2. The second-order valence-electron chi connectivity index (χ2n) is 7.35. The fourth-order valence-corrected chi connectivity index (χ4v) is 3.83. The van der Waals surface area contributed by atoms with E-state index in [0.717, 1.165) is 11.1 Å². The van der Waals surface area contributed by atoms with E-state index >= 15 is 0 Å². The smallest absolute Gasteiger partial charge is 0.327 e. The van der Waals surface area contributed by atoms with Gasteiger partial charge < -0.3 is 14.8 Å². The monoisotopic (exact) mass is 444 g/mol. The Morgan fingerprint density at radius 1 is 1.13 bits per heavy atom. The largest absolute Gasteiger partial charge is 0.396 e. The lowest BCUT2D eigenvalue weighted by Crippen LogP contribution is -2.49. The molecule has 9 heteroatoms. The van der Waals surface area contributed by atoms with Crippen molar-refractivity contribution in [2.45, 2.75) is 19.2 Å². The number of carbonyl (C=O) groups excluding carboxylic acids is 1. The fraction of sp³-hybridized carbons (Fsp3) is 0.273. The summed E-state index contributed by atoms with van der Waals surface area (Å²) < 4.78 is 15.2. The van der Waals surface area contributed by atoms with E-state index in [1.54, 1.807) is 31.3 Å². The first kappa shape index (κ1) is 21.3. The molecule has 0 fully saturated rings. The van der Waals surface area contributed by atoms with Gasteiger partial charge in [0.15, 0.2) is 12.0 Å². The van der Waals surface area contributed by atoms with Gasteiger partial charge in [0.25, 0.3) is 0 Å². The Morgan fingerprint density at radius 3 is 2.45 bits per heavy atom. The first-order valence-corrected chi connectivity index (χ1v) is 10.2. The molecule has 2 N–H and O–H groups in total. The van der Waals surface area contributed by atoms with E-state index in [-0.39, 0.29) is 19.0 Å². The molecule has 2 aromatic carbocycles. The number of benzene rings is 2. The second kappa shape index (κ2) is 8.66. The summed E-state index contributed by atoms with van der Waals surface area (Å²) in [5.41, 5.74) is 2.02. The molecule has 1 unspecified atom stereocenters. The highest BCUT2D eigenvalue weighted by Crippen LogP contribution is 2.38. The highest BCUT2D eigenvalue weighted by Gasteiger charge is 2.39. The molecule has 0 radical (unpaired) electrons. The van der Waals surface area contributed by atoms with Crippen LogP contribution < -0.4 is 4.90 Å². The van der Waals surface area contributed by atoms with Crippen molar-refractivity contribution in [3.8, 4) is 11.4 Å². The van der Waals surface area contributed by atoms with Crippen molar-refractivity contribution < 1.29 is 19.4 Å². The number of anilines is 1. The number of urea groups is 1. The van der Waals surface area contributed by atoms with E-state index in [1.807, 2.05) is 16.7 Å². The Bertz CT molecular complexity index is 1090. The number of fused-ring (bicyclic) bond motifs is 1. The van der Waals surface area contributed by atoms with E-state index in [9.17, 15) is 19.4 Å². The Kier molecular flexibility index (Phi) is 5.95. The summed E-state index contributed by atoms with van der Waals surface area (Å²) in [5, 5.41) is 20.9. The van der Waals surface area contributed by atoms with Gasteiger partial charge in [-0.1, -0.05) is 23.7 Å². The summed E-state index contributed by atoms with van der Waals surface area (Å²) in [4.78, 5) is 20.2. The van der Waals surface area contributed by atoms with Crippen LogP contribution in [0, 0.1) is 5.82 Å². The standard InChI is InChI=1S/C22H22ClFN4O3/c1-26-20-18(21(30)27(22(26)31)11-2-12-29)28(13-14-3-9-17(24)10-4-14)19(25-20)15-5-7-16(23)8-6-15/h3-10,21,29-30H,2,11-13H2,1H3. The van der Waals surface area contributed by atoms with Crippen LogP contribution in [0.4, 0.5) is 15.0 Å². The number of imidazole rings is 1. The third-order valence-electron chi connectivity index (χ3n) is 5.29. The molecule has 162 valence electrons. The molecule has 7 nitrogen and oxygen atoms in total. The maximum atomic E-state index is 13.4. The number of hydrogen-bond donors (Lipinski definition) is 2. The Hall–Kier alpha value is -2.94. The summed E-state index contributed by atoms with van der Waals surface area (Å²) in [6.07, 6.45) is -0.901. The second-order valence-corrected chi connectivity index (χ2v) is 7.79. The topological polar surface area (TPSA) is 81.8 Å². The molecule has 1 aromatic heterocycles. The normalized spacial score (nSPS) is 16.0. The van der Waals surface area contributed by atoms with Gasteiger partial charge in [-0.05, 0) is 48.4 Å². The van der Waals surface area contributed by atoms with Crippen molar-refractivity contribution in [3.63, 3.8) is 0 Å². The van der Waals surface area contributed by atoms with E-state index in [4.69, 9.17) is 11.6 Å². The van der Waals surface area contributed by atoms with Crippen LogP contribution in [0.2, 0.25) is 5.02 Å². The first-order valence-electron chi connectivity index (χ1n) is 9.84. The van der Waals surface area contributed by atoms with Crippen molar-refractivity contribution in [1.29, 1.82) is 0 Å². The third-order valence-corrected chi connectivity index (χ3v) is 5.54. The van der Waals surface area contributed by atoms with Crippen molar-refractivity contribution in [2.75, 3.05) is 25.1 Å². The molecule has 1 aliphatic rings. The number of rotatable bonds is 6. The molecule has 1 aliphatic heterocycles. The number of amides is 2. The van der Waals surface area contributed by atoms with Gasteiger partial charge in [-0.3, -0.25) is 9.80 Å². The molecule has 1 atom stereocenters. The van der Waals surface area contributed by atoms with Crippen molar-refractivity contribution in [2.24, 2.45) is 0 Å². The van der Waals surface area contributed by atoms with E-state index in [1.165, 1.54) is 21.9 Å². The lowest BCUT2D eigenvalue weighted by atomic mass is 10.1. The quantitative estimate of drug-likeness (QED) is 0.608. The molecule has 0 aliphatic carbocycles. The Labute approximate surface area is 183 Å². The lowest BCUT2D eigenvalue weighted by molar-refractivity contribution is 0.0193. The zero-order valence-electron chi connectivity index (χ0n) is 16.9. The molecule has 2 heterocycles. The zero-order chi connectivity index (χ0) is 22.1. The van der Waals surface area contributed by atoms with Gasteiger partial charge in [0.05, 0.1) is 0 Å². The zero-order valence-corrected chi connectivity index (χ0v) is 17.6. The van der Waals surface area contributed by atoms with Crippen LogP contribution in [0.5, 0.6) is 0 Å². The summed E-state index contributed by atoms with van der Waals surface area (Å²) >= 11 is 6.03. The van der Waals surface area contributed by atoms with Gasteiger partial charge >= 0.3 is 6.03 Å². The predicted octanol–water partition coefficient (Wildman–Crippen LogP) is 3.64. The molecular formula is C22H22ClFN4O3. The average Bonchev–Trinajstić information content (AvgIpc) is 3.14. The summed E-state index contributed by atoms with van der Waals surface area (Å²) in [5.74, 6) is 0.563. The lowest BCUT2D eigenvalue weighted by Gasteiger charge is -2.37. The Morgan fingerprint density at radius 2 is 1.81 bits per heavy atom. The minimum absolute atomic E-state index is 0.0993. The van der Waals surface area contributed by atoms with Crippen LogP contribution in [0.3, 0.4) is 0 Å². The van der Waals surface area contributed by atoms with Crippen LogP contribution in [0.25, 0.3) is 11.4 Å². The summed E-state index contributed by atoms with van der Waals surface area (Å²) in [6, 6.07) is 12.8. The Balaban J connectivity index is 1.86. The van der Waals surface area contributed by atoms with E-state index < -0.39 is 12.3 Å². The van der Waals surface area contributed by atoms with Gasteiger partial charge in [0.1, 0.15) is 17.3 Å². The van der Waals surface area contributed by atoms with Crippen LogP contribution in [0.1, 0.15) is 23.9 Å². The third kappa shape index (κ3) is 4.01. The van der Waals surface area contributed by atoms with Crippen LogP contribution in [-0.2, 0) is 6.54 Å². The van der Waals surface area contributed by atoms with Crippen molar-refractivity contribution in [1.82, 2.24) is 14.5 Å². The molecule has 0 saturated carbocycles. The minimum Gasteiger partial charge on any atom is -0.396 e. The van der Waals surface area contributed by atoms with E-state index in [2.05, 4.69) is 4.98 Å². The maximum Gasteiger partial charge on any atom is 0.327 e. The van der Waals surface area contributed by atoms with Gasteiger partial charge in [-0.25, -0.2) is 14.2 Å². The number of carbonyl (C=O) groups is 1. The molecular weight excluding hydrogens is 423 g/mol. The molecule has 31 heavy (non-hydrogen) atoms. The van der Waals surface area contributed by atoms with Crippen LogP contribution in [-0.4, -0.2) is 50.9 Å². The number of nitrogens with zero attached hydrogens (tertiary/aromatic N) is 4. The number of halogens is 2. The van der Waals surface area contributed by atoms with Gasteiger partial charge in [0, 0.05) is 37.3 Å². The number of hydrogen-bond acceptors (Lipinski definition) is 4. The molecule has 2 amide bonds. The molecule has 0 saturated heterocycles. The minimum atomic E-state index is -1.24. The van der Waals surface area contributed by atoms with Gasteiger partial charge in [0.2, 0.25) is 0 Å². The van der Waals surface area contributed by atoms with Crippen LogP contribution in [0.15, 0.2) is 48.5 Å². The molecule has 0 bridgehead atoms. The summed E-state index contributed by atoms with van der Waals surface area (Å²) in [6.45, 7) is 0.406. The van der Waals surface area contributed by atoms with Crippen molar-refractivity contribution >= 4 is 23.4 Å². The number of aromatic nitrogens is 2. The molecule has 3 aromatic rings. The predicted molar refractivity (Wildman–Crippen MR) is 115 cm³/mol. The number of aliphatic hydroxyl groups is 2. The van der Waals surface area contributed by atoms with E-state index in [0.29, 0.717) is 35.3 Å². The maximum absolute atomic E-state index is 13.4. The SMILES string of the molecule is CN1C(=O)N(CCCO)C(O)c2c1nc(-c1ccc(Cl)cc1)n2Cc1ccc(F)cc1. The van der Waals surface area contributed by atoms with Gasteiger partial charge in [-0.2, -0.15) is 0 Å². The first-order chi connectivity index (χ1) is 14.9. The molecule has 4 rings (SSSR count). The van der Waals surface area contributed by atoms with Crippen molar-refractivity contribution in [3.05, 3.63) is 70.6 Å². The highest BCUT2D eigenvalue weighted by atomic mass is 35.5. The molecule has 0 spiro atoms. The summed E-state index contributed by atoms with van der Waals surface area (Å²) in [7, 11) is 1.60. The highest BCUT2D eigenvalue weighted by molar-refractivity contribution is 6.30. The average molecular weight is 445 g/mol. The van der Waals surface area contributed by atoms with Gasteiger partial charge in [-0.15, -0.1) is 0 Å². The van der Waals surface area contributed by atoms with Crippen LogP contribution >= 0.6 is 11.6 Å². The fourth-order valence-electron chi connectivity index (χ4n) is 3.70.